The van der Waals surface area contributed by atoms with Gasteiger partial charge in [0.1, 0.15) is 18.0 Å². The summed E-state index contributed by atoms with van der Waals surface area (Å²) in [5.74, 6) is -0.607. The predicted molar refractivity (Wildman–Crippen MR) is 80.1 cm³/mol. The van der Waals surface area contributed by atoms with Gasteiger partial charge in [-0.05, 0) is 0 Å². The van der Waals surface area contributed by atoms with Crippen LogP contribution in [0.25, 0.3) is 0 Å². The number of aromatic amines is 2. The van der Waals surface area contributed by atoms with Gasteiger partial charge >= 0.3 is 5.69 Å². The molecule has 7 N–H and O–H groups in total. The number of nitrogens with zero attached hydrogens (tertiary/aromatic N) is 1. The van der Waals surface area contributed by atoms with Gasteiger partial charge in [-0.3, -0.25) is 19.6 Å². The fourth-order valence-corrected chi connectivity index (χ4v) is 1.58. The van der Waals surface area contributed by atoms with E-state index in [1.165, 1.54) is 6.92 Å². The Morgan fingerprint density at radius 1 is 1.26 bits per heavy atom. The molecule has 1 aromatic heterocycles. The highest BCUT2D eigenvalue weighted by molar-refractivity contribution is 6.26. The monoisotopic (exact) mass is 330 g/mol. The molecule has 0 fully saturated rings. The van der Waals surface area contributed by atoms with E-state index in [1.54, 1.807) is 0 Å². The van der Waals surface area contributed by atoms with Crippen LogP contribution in [0.4, 0.5) is 11.5 Å². The topological polar surface area (TPSA) is 188 Å². The molecule has 0 aliphatic carbocycles. The molecule has 1 rings (SSSR count). The van der Waals surface area contributed by atoms with Crippen LogP contribution in [-0.2, 0) is 4.79 Å². The molecular weight excluding hydrogens is 312 g/mol. The van der Waals surface area contributed by atoms with Gasteiger partial charge in [-0.1, -0.05) is 0 Å². The van der Waals surface area contributed by atoms with Crippen molar-refractivity contribution in [1.29, 1.82) is 0 Å². The molecule has 11 heteroatoms. The van der Waals surface area contributed by atoms with E-state index in [4.69, 9.17) is 5.11 Å². The summed E-state index contributed by atoms with van der Waals surface area (Å²) in [5.41, 5.74) is -2.01. The second kappa shape index (κ2) is 8.33. The maximum absolute atomic E-state index is 11.7. The van der Waals surface area contributed by atoms with Crippen molar-refractivity contribution in [3.8, 4) is 0 Å². The number of aliphatic hydroxyl groups is 4. The van der Waals surface area contributed by atoms with Crippen molar-refractivity contribution in [2.24, 2.45) is 4.99 Å². The second-order valence-corrected chi connectivity index (χ2v) is 4.69. The molecular formula is C12H18N4O7. The molecule has 11 nitrogen and oxygen atoms in total. The fourth-order valence-electron chi connectivity index (χ4n) is 1.58. The lowest BCUT2D eigenvalue weighted by Crippen LogP contribution is -2.43. The summed E-state index contributed by atoms with van der Waals surface area (Å²) in [4.78, 5) is 41.6. The Morgan fingerprint density at radius 3 is 2.48 bits per heavy atom. The van der Waals surface area contributed by atoms with Crippen LogP contribution in [-0.4, -0.2) is 73.9 Å². The summed E-state index contributed by atoms with van der Waals surface area (Å²) >= 11 is 0. The normalized spacial score (nSPS) is 15.3. The Morgan fingerprint density at radius 2 is 1.91 bits per heavy atom. The first kappa shape index (κ1) is 18.7. The molecule has 0 aliphatic heterocycles. The van der Waals surface area contributed by atoms with Crippen molar-refractivity contribution in [2.75, 3.05) is 18.5 Å². The molecule has 1 aromatic rings. The van der Waals surface area contributed by atoms with E-state index in [-0.39, 0.29) is 18.1 Å². The third-order valence-electron chi connectivity index (χ3n) is 2.76. The van der Waals surface area contributed by atoms with Gasteiger partial charge in [0.25, 0.3) is 5.56 Å². The molecule has 23 heavy (non-hydrogen) atoms. The van der Waals surface area contributed by atoms with E-state index < -0.39 is 42.0 Å². The minimum absolute atomic E-state index is 0.180. The van der Waals surface area contributed by atoms with E-state index in [1.807, 2.05) is 4.98 Å². The molecule has 0 spiro atoms. The van der Waals surface area contributed by atoms with E-state index in [0.717, 1.165) is 6.21 Å². The minimum Gasteiger partial charge on any atom is -0.394 e. The average Bonchev–Trinajstić information content (AvgIpc) is 2.49. The molecule has 3 atom stereocenters. The van der Waals surface area contributed by atoms with Crippen molar-refractivity contribution in [3.05, 3.63) is 20.8 Å². The smallest absolute Gasteiger partial charge is 0.327 e. The third-order valence-corrected chi connectivity index (χ3v) is 2.76. The highest BCUT2D eigenvalue weighted by Crippen LogP contribution is 2.14. The lowest BCUT2D eigenvalue weighted by Gasteiger charge is -2.22. The maximum atomic E-state index is 11.7. The quantitative estimate of drug-likeness (QED) is 0.243. The summed E-state index contributed by atoms with van der Waals surface area (Å²) in [5, 5.41) is 39.6. The highest BCUT2D eigenvalue weighted by Gasteiger charge is 2.24. The number of aromatic nitrogens is 2. The Hall–Kier alpha value is -2.34. The van der Waals surface area contributed by atoms with E-state index in [0.29, 0.717) is 0 Å². The number of hydrogen-bond acceptors (Lipinski definition) is 9. The lowest BCUT2D eigenvalue weighted by atomic mass is 10.1. The molecule has 0 saturated carbocycles. The van der Waals surface area contributed by atoms with Gasteiger partial charge in [0.05, 0.1) is 18.9 Å². The SMILES string of the molecule is CC(=O)C=Nc1c(NCC(O)C(O)C(O)CO)[nH]c(=O)[nH]c1=O. The largest absolute Gasteiger partial charge is 0.394 e. The van der Waals surface area contributed by atoms with Crippen molar-refractivity contribution < 1.29 is 25.2 Å². The van der Waals surface area contributed by atoms with Crippen molar-refractivity contribution in [3.63, 3.8) is 0 Å². The minimum atomic E-state index is -1.65. The lowest BCUT2D eigenvalue weighted by molar-refractivity contribution is -0.110. The second-order valence-electron chi connectivity index (χ2n) is 4.69. The first-order valence-electron chi connectivity index (χ1n) is 6.56. The number of H-pyrrole nitrogens is 2. The number of Topliss-reactive ketones (excluding diaryl/α,β-unsaturated/α-hetero) is 1. The number of aliphatic hydroxyl groups excluding tert-OH is 4. The van der Waals surface area contributed by atoms with Crippen molar-refractivity contribution in [1.82, 2.24) is 9.97 Å². The molecule has 0 bridgehead atoms. The molecule has 0 aliphatic rings. The Bertz CT molecular complexity index is 681. The van der Waals surface area contributed by atoms with E-state index in [9.17, 15) is 29.7 Å². The Labute approximate surface area is 129 Å². The van der Waals surface area contributed by atoms with Gasteiger partial charge in [0, 0.05) is 13.5 Å². The number of hydrogen-bond donors (Lipinski definition) is 7. The van der Waals surface area contributed by atoms with Crippen LogP contribution in [0.3, 0.4) is 0 Å². The summed E-state index contributed by atoms with van der Waals surface area (Å²) in [6.07, 6.45) is -3.84. The zero-order valence-electron chi connectivity index (χ0n) is 12.2. The number of ketones is 1. The molecule has 0 saturated heterocycles. The number of carbonyl (C=O) groups is 1. The van der Waals surface area contributed by atoms with E-state index >= 15 is 0 Å². The first-order chi connectivity index (χ1) is 10.8. The number of aliphatic imine (C=N–C) groups is 1. The third kappa shape index (κ3) is 5.41. The number of nitrogens with one attached hydrogen (secondary N) is 3. The summed E-state index contributed by atoms with van der Waals surface area (Å²) in [6.45, 7) is 0.0846. The Kier molecular flexibility index (Phi) is 6.78. The fraction of sp³-hybridized carbons (Fsp3) is 0.500. The Balaban J connectivity index is 2.97. The van der Waals surface area contributed by atoms with Crippen molar-refractivity contribution in [2.45, 2.75) is 25.2 Å². The van der Waals surface area contributed by atoms with Crippen molar-refractivity contribution >= 4 is 23.5 Å². The van der Waals surface area contributed by atoms with Crippen LogP contribution in [0.2, 0.25) is 0 Å². The van der Waals surface area contributed by atoms with Gasteiger partial charge in [-0.25, -0.2) is 9.79 Å². The number of carbonyl (C=O) groups excluding carboxylic acids is 1. The standard InChI is InChI=1S/C12H18N4O7/c1-5(18)2-13-8-10(15-12(23)16-11(8)22)14-3-6(19)9(21)7(20)4-17/h2,6-7,9,17,19-21H,3-4H2,1H3,(H3,14,15,16,22,23). The van der Waals surface area contributed by atoms with Crippen LogP contribution in [0.5, 0.6) is 0 Å². The molecule has 0 amide bonds. The van der Waals surface area contributed by atoms with Gasteiger partial charge in [0.15, 0.2) is 11.5 Å². The number of rotatable bonds is 8. The summed E-state index contributed by atoms with van der Waals surface area (Å²) in [6, 6.07) is 0. The molecule has 3 unspecified atom stereocenters. The number of anilines is 1. The molecule has 1 heterocycles. The zero-order chi connectivity index (χ0) is 17.6. The molecule has 128 valence electrons. The summed E-state index contributed by atoms with van der Waals surface area (Å²) in [7, 11) is 0. The van der Waals surface area contributed by atoms with Crippen LogP contribution in [0.15, 0.2) is 14.6 Å². The van der Waals surface area contributed by atoms with Crippen LogP contribution < -0.4 is 16.6 Å². The van der Waals surface area contributed by atoms with E-state index in [2.05, 4.69) is 15.3 Å². The van der Waals surface area contributed by atoms with Gasteiger partial charge in [-0.2, -0.15) is 0 Å². The highest BCUT2D eigenvalue weighted by atomic mass is 16.4. The average molecular weight is 330 g/mol. The predicted octanol–water partition coefficient (Wildman–Crippen LogP) is -3.16. The first-order valence-corrected chi connectivity index (χ1v) is 6.56. The molecule has 0 aromatic carbocycles. The van der Waals surface area contributed by atoms with Gasteiger partial charge in [0.2, 0.25) is 0 Å². The van der Waals surface area contributed by atoms with Crippen LogP contribution in [0, 0.1) is 0 Å². The maximum Gasteiger partial charge on any atom is 0.327 e. The van der Waals surface area contributed by atoms with Gasteiger partial charge in [-0.15, -0.1) is 0 Å². The van der Waals surface area contributed by atoms with Crippen LogP contribution >= 0.6 is 0 Å². The molecule has 0 radical (unpaired) electrons. The zero-order valence-corrected chi connectivity index (χ0v) is 12.2. The van der Waals surface area contributed by atoms with Gasteiger partial charge < -0.3 is 25.7 Å². The summed E-state index contributed by atoms with van der Waals surface area (Å²) < 4.78 is 0. The van der Waals surface area contributed by atoms with Crippen LogP contribution in [0.1, 0.15) is 6.92 Å².